The van der Waals surface area contributed by atoms with Crippen LogP contribution in [-0.4, -0.2) is 51.0 Å². The molecule has 0 radical (unpaired) electrons. The van der Waals surface area contributed by atoms with Gasteiger partial charge in [0.1, 0.15) is 23.9 Å². The molecule has 0 spiro atoms. The second kappa shape index (κ2) is 6.21. The number of H-pyrrole nitrogens is 1. The number of hydrogen-bond donors (Lipinski definition) is 1. The van der Waals surface area contributed by atoms with Crippen LogP contribution < -0.4 is 15.0 Å². The highest BCUT2D eigenvalue weighted by Crippen LogP contribution is 2.30. The molecule has 0 saturated carbocycles. The van der Waals surface area contributed by atoms with Crippen LogP contribution in [0.25, 0.3) is 11.0 Å². The van der Waals surface area contributed by atoms with Gasteiger partial charge in [0, 0.05) is 13.6 Å². The fourth-order valence-electron chi connectivity index (χ4n) is 2.97. The number of benzene rings is 1. The minimum atomic E-state index is -0.173. The Labute approximate surface area is 144 Å². The molecule has 4 rings (SSSR count). The summed E-state index contributed by atoms with van der Waals surface area (Å²) in [4.78, 5) is 21.5. The molecule has 25 heavy (non-hydrogen) atoms. The summed E-state index contributed by atoms with van der Waals surface area (Å²) < 4.78 is 13.3. The van der Waals surface area contributed by atoms with Gasteiger partial charge in [-0.1, -0.05) is 12.1 Å². The molecule has 1 N–H and O–H groups in total. The van der Waals surface area contributed by atoms with E-state index >= 15 is 0 Å². The average Bonchev–Trinajstić information content (AvgIpc) is 2.96. The van der Waals surface area contributed by atoms with Gasteiger partial charge in [-0.05, 0) is 19.2 Å². The van der Waals surface area contributed by atoms with Crippen LogP contribution in [-0.2, 0) is 13.6 Å². The van der Waals surface area contributed by atoms with E-state index in [9.17, 15) is 4.79 Å². The van der Waals surface area contributed by atoms with E-state index in [1.54, 1.807) is 11.7 Å². The molecule has 0 amide bonds. The quantitative estimate of drug-likeness (QED) is 0.760. The van der Waals surface area contributed by atoms with Crippen molar-refractivity contribution >= 4 is 11.0 Å². The number of para-hydroxylation sites is 2. The van der Waals surface area contributed by atoms with Crippen LogP contribution >= 0.6 is 0 Å². The van der Waals surface area contributed by atoms with Gasteiger partial charge in [0.05, 0.1) is 12.7 Å². The summed E-state index contributed by atoms with van der Waals surface area (Å²) in [6.45, 7) is 1.64. The van der Waals surface area contributed by atoms with Crippen molar-refractivity contribution < 1.29 is 9.47 Å². The van der Waals surface area contributed by atoms with Crippen molar-refractivity contribution in [3.8, 4) is 11.5 Å². The lowest BCUT2D eigenvalue weighted by atomic mass is 10.2. The monoisotopic (exact) mass is 341 g/mol. The van der Waals surface area contributed by atoms with E-state index in [2.05, 4.69) is 15.1 Å². The zero-order valence-electron chi connectivity index (χ0n) is 14.1. The molecule has 0 aliphatic carbocycles. The van der Waals surface area contributed by atoms with E-state index in [1.165, 1.54) is 6.20 Å². The summed E-state index contributed by atoms with van der Waals surface area (Å²) in [5.74, 6) is 2.13. The molecule has 1 aliphatic rings. The smallest absolute Gasteiger partial charge is 0.262 e. The van der Waals surface area contributed by atoms with Gasteiger partial charge in [0.2, 0.25) is 0 Å². The summed E-state index contributed by atoms with van der Waals surface area (Å²) in [5, 5.41) is 4.57. The van der Waals surface area contributed by atoms with Crippen molar-refractivity contribution in [3.05, 3.63) is 46.6 Å². The molecule has 3 heterocycles. The Morgan fingerprint density at radius 1 is 1.36 bits per heavy atom. The SMILES string of the molecule is CN(Cc1nc2c(cnn2C)c(=O)[nH]1)CC1COc2ccccc2O1. The van der Waals surface area contributed by atoms with Crippen LogP contribution in [0.4, 0.5) is 0 Å². The molecule has 130 valence electrons. The Bertz CT molecular complexity index is 964. The predicted molar refractivity (Wildman–Crippen MR) is 91.8 cm³/mol. The third-order valence-corrected chi connectivity index (χ3v) is 4.15. The van der Waals surface area contributed by atoms with Crippen molar-refractivity contribution in [3.63, 3.8) is 0 Å². The normalized spacial score (nSPS) is 16.5. The van der Waals surface area contributed by atoms with E-state index in [1.807, 2.05) is 36.2 Å². The number of nitrogens with one attached hydrogen (secondary N) is 1. The summed E-state index contributed by atoms with van der Waals surface area (Å²) in [5.41, 5.74) is 0.408. The minimum absolute atomic E-state index is 0.0768. The van der Waals surface area contributed by atoms with Gasteiger partial charge in [-0.15, -0.1) is 0 Å². The van der Waals surface area contributed by atoms with Gasteiger partial charge in [0.25, 0.3) is 5.56 Å². The maximum atomic E-state index is 12.1. The second-order valence-electron chi connectivity index (χ2n) is 6.21. The summed E-state index contributed by atoms with van der Waals surface area (Å²) >= 11 is 0. The number of fused-ring (bicyclic) bond motifs is 2. The van der Waals surface area contributed by atoms with Crippen LogP contribution in [0.1, 0.15) is 5.82 Å². The number of aromatic amines is 1. The summed E-state index contributed by atoms with van der Waals surface area (Å²) in [6, 6.07) is 7.64. The van der Waals surface area contributed by atoms with Crippen LogP contribution in [0.15, 0.2) is 35.3 Å². The number of aromatic nitrogens is 4. The molecule has 1 aromatic carbocycles. The Balaban J connectivity index is 1.45. The zero-order valence-corrected chi connectivity index (χ0v) is 14.1. The topological polar surface area (TPSA) is 85.3 Å². The molecule has 0 bridgehead atoms. The van der Waals surface area contributed by atoms with Crippen LogP contribution in [0, 0.1) is 0 Å². The molecule has 2 aromatic heterocycles. The molecule has 3 aromatic rings. The lowest BCUT2D eigenvalue weighted by Crippen LogP contribution is -2.39. The van der Waals surface area contributed by atoms with Gasteiger partial charge in [-0.3, -0.25) is 14.4 Å². The fraction of sp³-hybridized carbons (Fsp3) is 0.353. The standard InChI is InChI=1S/C17H19N5O3/c1-21(8-11-10-24-13-5-3-4-6-14(13)25-11)9-15-19-16-12(17(23)20-15)7-18-22(16)2/h3-7,11H,8-10H2,1-2H3,(H,19,20,23). The first kappa shape index (κ1) is 15.6. The first-order chi connectivity index (χ1) is 12.1. The van der Waals surface area contributed by atoms with E-state index in [-0.39, 0.29) is 11.7 Å². The van der Waals surface area contributed by atoms with Crippen molar-refractivity contribution in [2.75, 3.05) is 20.2 Å². The first-order valence-electron chi connectivity index (χ1n) is 8.08. The van der Waals surface area contributed by atoms with Crippen molar-refractivity contribution in [2.24, 2.45) is 7.05 Å². The molecule has 8 heteroatoms. The Morgan fingerprint density at radius 2 is 2.16 bits per heavy atom. The molecule has 8 nitrogen and oxygen atoms in total. The predicted octanol–water partition coefficient (Wildman–Crippen LogP) is 0.928. The highest BCUT2D eigenvalue weighted by Gasteiger charge is 2.22. The number of rotatable bonds is 4. The van der Waals surface area contributed by atoms with Crippen LogP contribution in [0.5, 0.6) is 11.5 Å². The molecule has 1 unspecified atom stereocenters. The highest BCUT2D eigenvalue weighted by atomic mass is 16.6. The van der Waals surface area contributed by atoms with E-state index in [4.69, 9.17) is 9.47 Å². The Morgan fingerprint density at radius 3 is 3.00 bits per heavy atom. The number of likely N-dealkylation sites (N-methyl/N-ethyl adjacent to an activating group) is 1. The molecule has 1 aliphatic heterocycles. The van der Waals surface area contributed by atoms with E-state index in [0.29, 0.717) is 36.6 Å². The van der Waals surface area contributed by atoms with Gasteiger partial charge < -0.3 is 14.5 Å². The van der Waals surface area contributed by atoms with Gasteiger partial charge in [-0.25, -0.2) is 4.98 Å². The maximum Gasteiger partial charge on any atom is 0.262 e. The fourth-order valence-corrected chi connectivity index (χ4v) is 2.97. The molecule has 1 atom stereocenters. The molecule has 0 saturated heterocycles. The summed E-state index contributed by atoms with van der Waals surface area (Å²) in [7, 11) is 3.73. The third-order valence-electron chi connectivity index (χ3n) is 4.15. The van der Waals surface area contributed by atoms with Gasteiger partial charge in [-0.2, -0.15) is 5.10 Å². The second-order valence-corrected chi connectivity index (χ2v) is 6.21. The lowest BCUT2D eigenvalue weighted by molar-refractivity contribution is 0.0632. The van der Waals surface area contributed by atoms with Crippen LogP contribution in [0.3, 0.4) is 0 Å². The molecular formula is C17H19N5O3. The average molecular weight is 341 g/mol. The summed E-state index contributed by atoms with van der Waals surface area (Å²) in [6.07, 6.45) is 1.45. The van der Waals surface area contributed by atoms with E-state index < -0.39 is 0 Å². The van der Waals surface area contributed by atoms with Gasteiger partial charge in [0.15, 0.2) is 17.1 Å². The Kier molecular flexibility index (Phi) is 3.89. The zero-order chi connectivity index (χ0) is 17.4. The van der Waals surface area contributed by atoms with E-state index in [0.717, 1.165) is 11.5 Å². The van der Waals surface area contributed by atoms with Crippen molar-refractivity contribution in [2.45, 2.75) is 12.6 Å². The first-order valence-corrected chi connectivity index (χ1v) is 8.08. The Hall–Kier alpha value is -2.87. The van der Waals surface area contributed by atoms with Crippen LogP contribution in [0.2, 0.25) is 0 Å². The van der Waals surface area contributed by atoms with Crippen molar-refractivity contribution in [1.29, 1.82) is 0 Å². The number of ether oxygens (including phenoxy) is 2. The number of hydrogen-bond acceptors (Lipinski definition) is 6. The largest absolute Gasteiger partial charge is 0.486 e. The number of aryl methyl sites for hydroxylation is 1. The maximum absolute atomic E-state index is 12.1. The lowest BCUT2D eigenvalue weighted by Gasteiger charge is -2.29. The minimum Gasteiger partial charge on any atom is -0.486 e. The van der Waals surface area contributed by atoms with Gasteiger partial charge >= 0.3 is 0 Å². The molecule has 0 fully saturated rings. The third kappa shape index (κ3) is 3.08. The molecular weight excluding hydrogens is 322 g/mol. The van der Waals surface area contributed by atoms with Crippen molar-refractivity contribution in [1.82, 2.24) is 24.6 Å². The highest BCUT2D eigenvalue weighted by molar-refractivity contribution is 5.72. The number of nitrogens with zero attached hydrogens (tertiary/aromatic N) is 4.